The molecule has 1 N–H and O–H groups in total. The maximum atomic E-state index is 4.49. The molecule has 0 aliphatic heterocycles. The SMILES string of the molecule is CC(NCCC(C)(C)C)c1cnc2ccsc2c1. The molecule has 2 aromatic rings. The van der Waals surface area contributed by atoms with Crippen LogP contribution in [0.3, 0.4) is 0 Å². The van der Waals surface area contributed by atoms with Crippen LogP contribution in [0.1, 0.15) is 45.7 Å². The van der Waals surface area contributed by atoms with Gasteiger partial charge in [0.25, 0.3) is 0 Å². The average molecular weight is 262 g/mol. The second-order valence-electron chi connectivity index (χ2n) is 6.06. The minimum atomic E-state index is 0.367. The zero-order valence-corrected chi connectivity index (χ0v) is 12.5. The summed E-state index contributed by atoms with van der Waals surface area (Å²) in [6.45, 7) is 10.1. The number of pyridine rings is 1. The largest absolute Gasteiger partial charge is 0.310 e. The molecule has 3 heteroatoms. The molecular formula is C15H22N2S. The Bertz CT molecular complexity index is 510. The van der Waals surface area contributed by atoms with Crippen molar-refractivity contribution in [3.63, 3.8) is 0 Å². The quantitative estimate of drug-likeness (QED) is 0.884. The van der Waals surface area contributed by atoms with E-state index in [0.717, 1.165) is 12.1 Å². The number of hydrogen-bond donors (Lipinski definition) is 1. The normalized spacial score (nSPS) is 14.0. The highest BCUT2D eigenvalue weighted by atomic mass is 32.1. The molecule has 2 heterocycles. The fraction of sp³-hybridized carbons (Fsp3) is 0.533. The smallest absolute Gasteiger partial charge is 0.0809 e. The molecule has 1 unspecified atom stereocenters. The van der Waals surface area contributed by atoms with Gasteiger partial charge in [-0.15, -0.1) is 11.3 Å². The summed E-state index contributed by atoms with van der Waals surface area (Å²) in [6, 6.07) is 4.69. The lowest BCUT2D eigenvalue weighted by molar-refractivity contribution is 0.358. The summed E-state index contributed by atoms with van der Waals surface area (Å²) in [5, 5.41) is 5.67. The molecule has 0 aliphatic carbocycles. The Kier molecular flexibility index (Phi) is 4.03. The fourth-order valence-corrected chi connectivity index (χ4v) is 2.67. The molecule has 98 valence electrons. The predicted octanol–water partition coefficient (Wildman–Crippen LogP) is 4.38. The van der Waals surface area contributed by atoms with Gasteiger partial charge in [-0.1, -0.05) is 20.8 Å². The van der Waals surface area contributed by atoms with E-state index < -0.39 is 0 Å². The molecule has 0 amide bonds. The number of rotatable bonds is 4. The first-order chi connectivity index (χ1) is 8.46. The second-order valence-corrected chi connectivity index (χ2v) is 7.01. The predicted molar refractivity (Wildman–Crippen MR) is 80.1 cm³/mol. The molecule has 0 aliphatic rings. The number of thiophene rings is 1. The topological polar surface area (TPSA) is 24.9 Å². The molecule has 1 atom stereocenters. The third-order valence-electron chi connectivity index (χ3n) is 3.15. The van der Waals surface area contributed by atoms with Gasteiger partial charge in [-0.05, 0) is 48.4 Å². The van der Waals surface area contributed by atoms with Crippen LogP contribution in [0.2, 0.25) is 0 Å². The van der Waals surface area contributed by atoms with Crippen LogP contribution in [0.15, 0.2) is 23.7 Å². The Hall–Kier alpha value is -0.930. The summed E-state index contributed by atoms with van der Waals surface area (Å²) in [7, 11) is 0. The number of nitrogens with one attached hydrogen (secondary N) is 1. The maximum Gasteiger partial charge on any atom is 0.0809 e. The minimum absolute atomic E-state index is 0.367. The lowest BCUT2D eigenvalue weighted by Crippen LogP contribution is -2.23. The van der Waals surface area contributed by atoms with E-state index in [1.165, 1.54) is 16.7 Å². The zero-order valence-electron chi connectivity index (χ0n) is 11.7. The number of nitrogens with zero attached hydrogens (tertiary/aromatic N) is 1. The van der Waals surface area contributed by atoms with Crippen molar-refractivity contribution in [1.29, 1.82) is 0 Å². The van der Waals surface area contributed by atoms with Crippen molar-refractivity contribution in [2.45, 2.75) is 40.2 Å². The van der Waals surface area contributed by atoms with E-state index in [-0.39, 0.29) is 0 Å². The number of fused-ring (bicyclic) bond motifs is 1. The van der Waals surface area contributed by atoms with Crippen molar-refractivity contribution < 1.29 is 0 Å². The van der Waals surface area contributed by atoms with Gasteiger partial charge in [-0.3, -0.25) is 4.98 Å². The van der Waals surface area contributed by atoms with Gasteiger partial charge in [0.1, 0.15) is 0 Å². The van der Waals surface area contributed by atoms with E-state index >= 15 is 0 Å². The van der Waals surface area contributed by atoms with Crippen molar-refractivity contribution in [3.05, 3.63) is 29.3 Å². The third-order valence-corrected chi connectivity index (χ3v) is 4.00. The van der Waals surface area contributed by atoms with Crippen LogP contribution >= 0.6 is 11.3 Å². The maximum absolute atomic E-state index is 4.49. The van der Waals surface area contributed by atoms with Gasteiger partial charge in [0.05, 0.1) is 10.2 Å². The average Bonchev–Trinajstić information content (AvgIpc) is 2.73. The molecule has 2 nitrogen and oxygen atoms in total. The molecule has 0 saturated heterocycles. The van der Waals surface area contributed by atoms with Gasteiger partial charge in [-0.25, -0.2) is 0 Å². The summed E-state index contributed by atoms with van der Waals surface area (Å²) in [6.07, 6.45) is 3.18. The van der Waals surface area contributed by atoms with Crippen LogP contribution in [0.25, 0.3) is 10.2 Å². The second kappa shape index (κ2) is 5.37. The Morgan fingerprint density at radius 3 is 2.89 bits per heavy atom. The molecule has 0 radical (unpaired) electrons. The van der Waals surface area contributed by atoms with E-state index in [0.29, 0.717) is 11.5 Å². The van der Waals surface area contributed by atoms with E-state index in [9.17, 15) is 0 Å². The Labute approximate surface area is 113 Å². The van der Waals surface area contributed by atoms with E-state index in [2.05, 4.69) is 55.5 Å². The molecule has 18 heavy (non-hydrogen) atoms. The minimum Gasteiger partial charge on any atom is -0.310 e. The fourth-order valence-electron chi connectivity index (χ4n) is 1.88. The molecule has 2 aromatic heterocycles. The molecule has 0 spiro atoms. The molecule has 0 bridgehead atoms. The van der Waals surface area contributed by atoms with Crippen LogP contribution in [0, 0.1) is 5.41 Å². The summed E-state index contributed by atoms with van der Waals surface area (Å²) < 4.78 is 1.27. The monoisotopic (exact) mass is 262 g/mol. The van der Waals surface area contributed by atoms with Crippen molar-refractivity contribution >= 4 is 21.6 Å². The molecule has 0 saturated carbocycles. The molecular weight excluding hydrogens is 240 g/mol. The standard InChI is InChI=1S/C15H22N2S/c1-11(16-7-6-15(2,3)4)12-9-14-13(17-10-12)5-8-18-14/h5,8-11,16H,6-7H2,1-4H3. The lowest BCUT2D eigenvalue weighted by atomic mass is 9.92. The summed E-state index contributed by atoms with van der Waals surface area (Å²) in [4.78, 5) is 4.49. The molecule has 0 fully saturated rings. The molecule has 0 aromatic carbocycles. The van der Waals surface area contributed by atoms with Crippen LogP contribution in [0.5, 0.6) is 0 Å². The van der Waals surface area contributed by atoms with Gasteiger partial charge in [0, 0.05) is 12.2 Å². The zero-order chi connectivity index (χ0) is 13.2. The first-order valence-electron chi connectivity index (χ1n) is 6.52. The third kappa shape index (κ3) is 3.53. The molecule has 2 rings (SSSR count). The first kappa shape index (κ1) is 13.5. The van der Waals surface area contributed by atoms with E-state index in [4.69, 9.17) is 0 Å². The highest BCUT2D eigenvalue weighted by Gasteiger charge is 2.11. The van der Waals surface area contributed by atoms with Crippen molar-refractivity contribution in [3.8, 4) is 0 Å². The van der Waals surface area contributed by atoms with Crippen molar-refractivity contribution in [2.75, 3.05) is 6.54 Å². The van der Waals surface area contributed by atoms with Crippen LogP contribution in [-0.4, -0.2) is 11.5 Å². The van der Waals surface area contributed by atoms with Crippen LogP contribution in [-0.2, 0) is 0 Å². The highest BCUT2D eigenvalue weighted by Crippen LogP contribution is 2.23. The van der Waals surface area contributed by atoms with Gasteiger partial charge < -0.3 is 5.32 Å². The van der Waals surface area contributed by atoms with Crippen molar-refractivity contribution in [1.82, 2.24) is 10.3 Å². The van der Waals surface area contributed by atoms with E-state index in [1.54, 1.807) is 11.3 Å². The summed E-state index contributed by atoms with van der Waals surface area (Å²) >= 11 is 1.76. The number of hydrogen-bond acceptors (Lipinski definition) is 3. The Morgan fingerprint density at radius 1 is 1.39 bits per heavy atom. The Morgan fingerprint density at radius 2 is 2.17 bits per heavy atom. The summed E-state index contributed by atoms with van der Waals surface area (Å²) in [5.74, 6) is 0. The van der Waals surface area contributed by atoms with Gasteiger partial charge in [0.2, 0.25) is 0 Å². The van der Waals surface area contributed by atoms with Crippen LogP contribution < -0.4 is 5.32 Å². The lowest BCUT2D eigenvalue weighted by Gasteiger charge is -2.20. The van der Waals surface area contributed by atoms with Gasteiger partial charge >= 0.3 is 0 Å². The first-order valence-corrected chi connectivity index (χ1v) is 7.40. The van der Waals surface area contributed by atoms with Gasteiger partial charge in [0.15, 0.2) is 0 Å². The van der Waals surface area contributed by atoms with Gasteiger partial charge in [-0.2, -0.15) is 0 Å². The highest BCUT2D eigenvalue weighted by molar-refractivity contribution is 7.17. The Balaban J connectivity index is 1.97. The van der Waals surface area contributed by atoms with E-state index in [1.807, 2.05) is 6.20 Å². The number of aromatic nitrogens is 1. The summed E-state index contributed by atoms with van der Waals surface area (Å²) in [5.41, 5.74) is 2.77. The van der Waals surface area contributed by atoms with Crippen LogP contribution in [0.4, 0.5) is 0 Å². The van der Waals surface area contributed by atoms with Crippen molar-refractivity contribution in [2.24, 2.45) is 5.41 Å².